The molecule has 0 aromatic carbocycles. The van der Waals surface area contributed by atoms with Gasteiger partial charge < -0.3 is 0 Å². The third-order valence-electron chi connectivity index (χ3n) is 3.02. The van der Waals surface area contributed by atoms with E-state index in [1.54, 1.807) is 13.8 Å². The molecule has 0 radical (unpaired) electrons. The number of carbonyl (C=O) groups excluding carboxylic acids is 1. The number of nitrogens with zero attached hydrogens (tertiary/aromatic N) is 1. The van der Waals surface area contributed by atoms with Crippen LogP contribution in [0, 0.1) is 5.41 Å². The predicted molar refractivity (Wildman–Crippen MR) is 59.0 cm³/mol. The molecule has 1 heterocycles. The van der Waals surface area contributed by atoms with Gasteiger partial charge in [0.25, 0.3) is 0 Å². The fourth-order valence-electron chi connectivity index (χ4n) is 1.51. The SMILES string of the molecule is CC(C)S(=O)(=O)N1CCC(C)(C)C(=O)C1. The molecule has 0 amide bonds. The lowest BCUT2D eigenvalue weighted by molar-refractivity contribution is -0.130. The Morgan fingerprint density at radius 3 is 2.27 bits per heavy atom. The molecule has 4 nitrogen and oxygen atoms in total. The quantitative estimate of drug-likeness (QED) is 0.715. The Kier molecular flexibility index (Phi) is 3.26. The second kappa shape index (κ2) is 3.87. The standard InChI is InChI=1S/C10H19NO3S/c1-8(2)15(13,14)11-6-5-10(3,4)9(12)7-11/h8H,5-7H2,1-4H3. The van der Waals surface area contributed by atoms with Gasteiger partial charge in [-0.05, 0) is 20.3 Å². The maximum Gasteiger partial charge on any atom is 0.216 e. The molecule has 0 aromatic heterocycles. The molecule has 1 aliphatic heterocycles. The van der Waals surface area contributed by atoms with E-state index >= 15 is 0 Å². The number of hydrogen-bond acceptors (Lipinski definition) is 3. The van der Waals surface area contributed by atoms with E-state index in [0.717, 1.165) is 0 Å². The number of rotatable bonds is 2. The van der Waals surface area contributed by atoms with Crippen LogP contribution in [0.15, 0.2) is 0 Å². The van der Waals surface area contributed by atoms with Gasteiger partial charge in [0.1, 0.15) is 0 Å². The molecule has 15 heavy (non-hydrogen) atoms. The van der Waals surface area contributed by atoms with Crippen molar-refractivity contribution in [1.29, 1.82) is 0 Å². The Bertz CT molecular complexity index is 357. The Balaban J connectivity index is 2.84. The molecular weight excluding hydrogens is 214 g/mol. The number of carbonyl (C=O) groups is 1. The molecule has 88 valence electrons. The third-order valence-corrected chi connectivity index (χ3v) is 5.24. The molecular formula is C10H19NO3S. The van der Waals surface area contributed by atoms with Crippen LogP contribution in [0.25, 0.3) is 0 Å². The van der Waals surface area contributed by atoms with Gasteiger partial charge in [-0.2, -0.15) is 4.31 Å². The van der Waals surface area contributed by atoms with Gasteiger partial charge in [0.2, 0.25) is 10.0 Å². The van der Waals surface area contributed by atoms with Crippen LogP contribution in [0.2, 0.25) is 0 Å². The van der Waals surface area contributed by atoms with E-state index in [0.29, 0.717) is 13.0 Å². The number of ketones is 1. The summed E-state index contributed by atoms with van der Waals surface area (Å²) in [5.41, 5.74) is -0.372. The van der Waals surface area contributed by atoms with Crippen molar-refractivity contribution in [3.05, 3.63) is 0 Å². The Hall–Kier alpha value is -0.420. The Morgan fingerprint density at radius 2 is 1.87 bits per heavy atom. The average Bonchev–Trinajstić information content (AvgIpc) is 2.09. The first-order valence-corrected chi connectivity index (χ1v) is 6.70. The second-order valence-corrected chi connectivity index (χ2v) is 7.47. The van der Waals surface area contributed by atoms with Gasteiger partial charge in [0.15, 0.2) is 5.78 Å². The van der Waals surface area contributed by atoms with E-state index in [1.165, 1.54) is 4.31 Å². The third kappa shape index (κ3) is 2.39. The summed E-state index contributed by atoms with van der Waals surface area (Å²) in [6.45, 7) is 7.51. The minimum Gasteiger partial charge on any atom is -0.298 e. The van der Waals surface area contributed by atoms with Crippen LogP contribution in [0.5, 0.6) is 0 Å². The highest BCUT2D eigenvalue weighted by Crippen LogP contribution is 2.28. The first-order valence-electron chi connectivity index (χ1n) is 5.20. The first-order chi connectivity index (χ1) is 6.68. The van der Waals surface area contributed by atoms with Crippen LogP contribution in [0.1, 0.15) is 34.1 Å². The molecule has 0 spiro atoms. The Morgan fingerprint density at radius 1 is 1.33 bits per heavy atom. The molecule has 1 saturated heterocycles. The summed E-state index contributed by atoms with van der Waals surface area (Å²) >= 11 is 0. The normalized spacial score (nSPS) is 23.4. The molecule has 5 heteroatoms. The van der Waals surface area contributed by atoms with Crippen molar-refractivity contribution >= 4 is 15.8 Å². The summed E-state index contributed by atoms with van der Waals surface area (Å²) in [5, 5.41) is -0.452. The lowest BCUT2D eigenvalue weighted by atomic mass is 9.82. The van der Waals surface area contributed by atoms with Crippen LogP contribution in [0.4, 0.5) is 0 Å². The average molecular weight is 233 g/mol. The van der Waals surface area contributed by atoms with Crippen LogP contribution in [-0.2, 0) is 14.8 Å². The molecule has 0 aliphatic carbocycles. The zero-order valence-electron chi connectivity index (χ0n) is 9.78. The molecule has 1 fully saturated rings. The molecule has 0 unspecified atom stereocenters. The van der Waals surface area contributed by atoms with E-state index in [9.17, 15) is 13.2 Å². The van der Waals surface area contributed by atoms with Crippen molar-refractivity contribution < 1.29 is 13.2 Å². The largest absolute Gasteiger partial charge is 0.298 e. The summed E-state index contributed by atoms with van der Waals surface area (Å²) in [4.78, 5) is 11.7. The van der Waals surface area contributed by atoms with E-state index in [4.69, 9.17) is 0 Å². The molecule has 0 aromatic rings. The van der Waals surface area contributed by atoms with Crippen molar-refractivity contribution in [2.75, 3.05) is 13.1 Å². The number of hydrogen-bond donors (Lipinski definition) is 0. The molecule has 0 atom stereocenters. The van der Waals surface area contributed by atoms with Crippen LogP contribution in [0.3, 0.4) is 0 Å². The van der Waals surface area contributed by atoms with Crippen LogP contribution >= 0.6 is 0 Å². The van der Waals surface area contributed by atoms with E-state index in [2.05, 4.69) is 0 Å². The van der Waals surface area contributed by atoms with Crippen molar-refractivity contribution in [3.63, 3.8) is 0 Å². The summed E-state index contributed by atoms with van der Waals surface area (Å²) in [6.07, 6.45) is 0.609. The maximum atomic E-state index is 11.8. The second-order valence-electron chi connectivity index (χ2n) is 4.98. The van der Waals surface area contributed by atoms with Gasteiger partial charge >= 0.3 is 0 Å². The maximum absolute atomic E-state index is 11.8. The molecule has 0 saturated carbocycles. The summed E-state index contributed by atoms with van der Waals surface area (Å²) in [6, 6.07) is 0. The lowest BCUT2D eigenvalue weighted by Crippen LogP contribution is -2.49. The summed E-state index contributed by atoms with van der Waals surface area (Å²) in [7, 11) is -3.27. The minimum absolute atomic E-state index is 0.0120. The minimum atomic E-state index is -3.27. The van der Waals surface area contributed by atoms with Crippen LogP contribution < -0.4 is 0 Å². The monoisotopic (exact) mass is 233 g/mol. The molecule has 0 bridgehead atoms. The smallest absolute Gasteiger partial charge is 0.216 e. The number of Topliss-reactive ketones (excluding diaryl/α,β-unsaturated/α-hetero) is 1. The fourth-order valence-corrected chi connectivity index (χ4v) is 2.75. The molecule has 1 aliphatic rings. The van der Waals surface area contributed by atoms with Gasteiger partial charge in [-0.15, -0.1) is 0 Å². The van der Waals surface area contributed by atoms with Gasteiger partial charge in [0.05, 0.1) is 11.8 Å². The van der Waals surface area contributed by atoms with E-state index in [1.807, 2.05) is 13.8 Å². The van der Waals surface area contributed by atoms with Crippen molar-refractivity contribution in [1.82, 2.24) is 4.31 Å². The fraction of sp³-hybridized carbons (Fsp3) is 0.900. The number of piperidine rings is 1. The van der Waals surface area contributed by atoms with Gasteiger partial charge in [-0.25, -0.2) is 8.42 Å². The van der Waals surface area contributed by atoms with Crippen molar-refractivity contribution in [2.45, 2.75) is 39.4 Å². The highest BCUT2D eigenvalue weighted by atomic mass is 32.2. The number of sulfonamides is 1. The zero-order valence-corrected chi connectivity index (χ0v) is 10.6. The first kappa shape index (κ1) is 12.6. The van der Waals surface area contributed by atoms with Gasteiger partial charge in [-0.3, -0.25) is 4.79 Å². The van der Waals surface area contributed by atoms with Crippen molar-refractivity contribution in [3.8, 4) is 0 Å². The topological polar surface area (TPSA) is 54.5 Å². The van der Waals surface area contributed by atoms with E-state index < -0.39 is 15.3 Å². The highest BCUT2D eigenvalue weighted by molar-refractivity contribution is 7.89. The van der Waals surface area contributed by atoms with E-state index in [-0.39, 0.29) is 17.7 Å². The Labute approximate surface area is 91.7 Å². The predicted octanol–water partition coefficient (Wildman–Crippen LogP) is 1.03. The summed E-state index contributed by atoms with van der Waals surface area (Å²) in [5.74, 6) is 0.0120. The molecule has 1 rings (SSSR count). The highest BCUT2D eigenvalue weighted by Gasteiger charge is 2.38. The van der Waals surface area contributed by atoms with Gasteiger partial charge in [-0.1, -0.05) is 13.8 Å². The van der Waals surface area contributed by atoms with Crippen molar-refractivity contribution in [2.24, 2.45) is 5.41 Å². The lowest BCUT2D eigenvalue weighted by Gasteiger charge is -2.35. The van der Waals surface area contributed by atoms with Crippen LogP contribution in [-0.4, -0.2) is 36.8 Å². The zero-order chi connectivity index (χ0) is 11.9. The summed E-state index contributed by atoms with van der Waals surface area (Å²) < 4.78 is 24.9. The van der Waals surface area contributed by atoms with Gasteiger partial charge in [0, 0.05) is 12.0 Å². The molecule has 0 N–H and O–H groups in total.